The van der Waals surface area contributed by atoms with E-state index < -0.39 is 12.1 Å². The Labute approximate surface area is 146 Å². The Morgan fingerprint density at radius 2 is 2.12 bits per heavy atom. The SMILES string of the molecule is COC(=O)c1cccc(OC[C@H](O)CN(C)[C@H](C)c2cccs2)c1. The fourth-order valence-electron chi connectivity index (χ4n) is 2.31. The highest BCUT2D eigenvalue weighted by Crippen LogP contribution is 2.23. The van der Waals surface area contributed by atoms with Crippen molar-refractivity contribution in [2.75, 3.05) is 27.3 Å². The van der Waals surface area contributed by atoms with E-state index in [1.807, 2.05) is 18.5 Å². The van der Waals surface area contributed by atoms with Crippen LogP contribution in [0.3, 0.4) is 0 Å². The number of thiophene rings is 1. The van der Waals surface area contributed by atoms with Crippen LogP contribution >= 0.6 is 11.3 Å². The molecule has 0 saturated heterocycles. The Bertz CT molecular complexity index is 644. The second kappa shape index (κ2) is 8.82. The van der Waals surface area contributed by atoms with Gasteiger partial charge < -0.3 is 14.6 Å². The number of hydrogen-bond acceptors (Lipinski definition) is 6. The van der Waals surface area contributed by atoms with Crippen molar-refractivity contribution in [3.05, 3.63) is 52.2 Å². The second-order valence-corrected chi connectivity index (χ2v) is 6.59. The molecule has 130 valence electrons. The molecule has 2 atom stereocenters. The molecule has 1 aromatic carbocycles. The molecule has 0 unspecified atom stereocenters. The number of aliphatic hydroxyl groups excluding tert-OH is 1. The first-order chi connectivity index (χ1) is 11.5. The van der Waals surface area contributed by atoms with Crippen molar-refractivity contribution >= 4 is 17.3 Å². The smallest absolute Gasteiger partial charge is 0.337 e. The molecular formula is C18H23NO4S. The third-order valence-corrected chi connectivity index (χ3v) is 4.85. The first kappa shape index (κ1) is 18.4. The van der Waals surface area contributed by atoms with Gasteiger partial charge in [0, 0.05) is 17.5 Å². The van der Waals surface area contributed by atoms with Gasteiger partial charge in [0.15, 0.2) is 0 Å². The highest BCUT2D eigenvalue weighted by atomic mass is 32.1. The minimum Gasteiger partial charge on any atom is -0.491 e. The molecule has 1 aromatic heterocycles. The van der Waals surface area contributed by atoms with Gasteiger partial charge >= 0.3 is 5.97 Å². The molecule has 0 saturated carbocycles. The van der Waals surface area contributed by atoms with Crippen LogP contribution in [0.15, 0.2) is 41.8 Å². The van der Waals surface area contributed by atoms with E-state index in [9.17, 15) is 9.90 Å². The Morgan fingerprint density at radius 1 is 1.33 bits per heavy atom. The van der Waals surface area contributed by atoms with E-state index in [4.69, 9.17) is 4.74 Å². The maximum absolute atomic E-state index is 11.5. The van der Waals surface area contributed by atoms with E-state index in [-0.39, 0.29) is 12.6 Å². The summed E-state index contributed by atoms with van der Waals surface area (Å²) in [6, 6.07) is 11.1. The van der Waals surface area contributed by atoms with Crippen molar-refractivity contribution in [2.45, 2.75) is 19.1 Å². The molecule has 0 aliphatic rings. The minimum atomic E-state index is -0.626. The van der Waals surface area contributed by atoms with Crippen LogP contribution in [0.2, 0.25) is 0 Å². The van der Waals surface area contributed by atoms with E-state index in [0.29, 0.717) is 17.9 Å². The van der Waals surface area contributed by atoms with Gasteiger partial charge in [-0.1, -0.05) is 12.1 Å². The van der Waals surface area contributed by atoms with Crippen molar-refractivity contribution in [2.24, 2.45) is 0 Å². The van der Waals surface area contributed by atoms with Gasteiger partial charge in [-0.15, -0.1) is 11.3 Å². The van der Waals surface area contributed by atoms with Crippen LogP contribution in [0.5, 0.6) is 5.75 Å². The minimum absolute atomic E-state index is 0.159. The maximum atomic E-state index is 11.5. The Kier molecular flexibility index (Phi) is 6.78. The van der Waals surface area contributed by atoms with Gasteiger partial charge in [-0.2, -0.15) is 0 Å². The number of carbonyl (C=O) groups excluding carboxylic acids is 1. The van der Waals surface area contributed by atoms with Gasteiger partial charge in [0.25, 0.3) is 0 Å². The fourth-order valence-corrected chi connectivity index (χ4v) is 3.16. The molecule has 5 nitrogen and oxygen atoms in total. The zero-order valence-electron chi connectivity index (χ0n) is 14.1. The molecule has 0 fully saturated rings. The van der Waals surface area contributed by atoms with Crippen LogP contribution in [0.4, 0.5) is 0 Å². The number of esters is 1. The normalized spacial score (nSPS) is 13.5. The van der Waals surface area contributed by atoms with Crippen LogP contribution in [0.1, 0.15) is 28.2 Å². The predicted octanol–water partition coefficient (Wildman–Crippen LogP) is 2.97. The zero-order chi connectivity index (χ0) is 17.5. The van der Waals surface area contributed by atoms with Crippen LogP contribution in [-0.4, -0.2) is 49.4 Å². The van der Waals surface area contributed by atoms with E-state index in [0.717, 1.165) is 0 Å². The molecule has 0 aliphatic heterocycles. The molecule has 1 N–H and O–H groups in total. The standard InChI is InChI=1S/C18H23NO4S/c1-13(17-8-5-9-24-17)19(2)11-15(20)12-23-16-7-4-6-14(10-16)18(21)22-3/h4-10,13,15,20H,11-12H2,1-3H3/t13-,15-/m1/s1. The molecule has 2 rings (SSSR count). The van der Waals surface area contributed by atoms with Crippen molar-refractivity contribution in [1.29, 1.82) is 0 Å². The molecular weight excluding hydrogens is 326 g/mol. The number of nitrogens with zero attached hydrogens (tertiary/aromatic N) is 1. The number of benzene rings is 1. The Balaban J connectivity index is 1.84. The van der Waals surface area contributed by atoms with Crippen LogP contribution < -0.4 is 4.74 Å². The van der Waals surface area contributed by atoms with E-state index >= 15 is 0 Å². The summed E-state index contributed by atoms with van der Waals surface area (Å²) in [7, 11) is 3.32. The largest absolute Gasteiger partial charge is 0.491 e. The number of rotatable bonds is 8. The molecule has 1 heterocycles. The van der Waals surface area contributed by atoms with Crippen molar-refractivity contribution in [1.82, 2.24) is 4.90 Å². The Morgan fingerprint density at radius 3 is 2.79 bits per heavy atom. The lowest BCUT2D eigenvalue weighted by Crippen LogP contribution is -2.34. The molecule has 24 heavy (non-hydrogen) atoms. The molecule has 6 heteroatoms. The number of methoxy groups -OCH3 is 1. The quantitative estimate of drug-likeness (QED) is 0.743. The van der Waals surface area contributed by atoms with Crippen LogP contribution in [-0.2, 0) is 4.74 Å². The summed E-state index contributed by atoms with van der Waals surface area (Å²) in [6.07, 6.45) is -0.626. The predicted molar refractivity (Wildman–Crippen MR) is 94.6 cm³/mol. The molecule has 2 aromatic rings. The number of ether oxygens (including phenoxy) is 2. The lowest BCUT2D eigenvalue weighted by atomic mass is 10.2. The van der Waals surface area contributed by atoms with E-state index in [1.54, 1.807) is 35.6 Å². The molecule has 0 aliphatic carbocycles. The average molecular weight is 349 g/mol. The summed E-state index contributed by atoms with van der Waals surface area (Å²) in [4.78, 5) is 14.9. The second-order valence-electron chi connectivity index (χ2n) is 5.62. The first-order valence-electron chi connectivity index (χ1n) is 7.74. The van der Waals surface area contributed by atoms with Crippen molar-refractivity contribution in [3.63, 3.8) is 0 Å². The van der Waals surface area contributed by atoms with Gasteiger partial charge in [-0.25, -0.2) is 4.79 Å². The van der Waals surface area contributed by atoms with Crippen molar-refractivity contribution < 1.29 is 19.4 Å². The lowest BCUT2D eigenvalue weighted by molar-refractivity contribution is 0.0597. The highest BCUT2D eigenvalue weighted by molar-refractivity contribution is 7.10. The number of aliphatic hydroxyl groups is 1. The monoisotopic (exact) mass is 349 g/mol. The van der Waals surface area contributed by atoms with Gasteiger partial charge in [0.1, 0.15) is 18.5 Å². The van der Waals surface area contributed by atoms with Crippen LogP contribution in [0.25, 0.3) is 0 Å². The number of carbonyl (C=O) groups is 1. The zero-order valence-corrected chi connectivity index (χ0v) is 15.0. The first-order valence-corrected chi connectivity index (χ1v) is 8.62. The molecule has 0 radical (unpaired) electrons. The number of likely N-dealkylation sites (N-methyl/N-ethyl adjacent to an activating group) is 1. The summed E-state index contributed by atoms with van der Waals surface area (Å²) in [5.41, 5.74) is 0.424. The van der Waals surface area contributed by atoms with Gasteiger partial charge in [-0.05, 0) is 43.6 Å². The average Bonchev–Trinajstić information content (AvgIpc) is 3.13. The summed E-state index contributed by atoms with van der Waals surface area (Å²) in [6.45, 7) is 2.77. The van der Waals surface area contributed by atoms with E-state index in [1.165, 1.54) is 12.0 Å². The van der Waals surface area contributed by atoms with Crippen LogP contribution in [0, 0.1) is 0 Å². The highest BCUT2D eigenvalue weighted by Gasteiger charge is 2.17. The topological polar surface area (TPSA) is 59.0 Å². The van der Waals surface area contributed by atoms with Gasteiger partial charge in [-0.3, -0.25) is 4.90 Å². The summed E-state index contributed by atoms with van der Waals surface area (Å²) in [5, 5.41) is 12.2. The number of hydrogen-bond donors (Lipinski definition) is 1. The molecule has 0 bridgehead atoms. The summed E-state index contributed by atoms with van der Waals surface area (Å²) < 4.78 is 10.3. The fraction of sp³-hybridized carbons (Fsp3) is 0.389. The van der Waals surface area contributed by atoms with Gasteiger partial charge in [0.05, 0.1) is 12.7 Å². The lowest BCUT2D eigenvalue weighted by Gasteiger charge is -2.26. The molecule has 0 spiro atoms. The van der Waals surface area contributed by atoms with E-state index in [2.05, 4.69) is 22.6 Å². The van der Waals surface area contributed by atoms with Gasteiger partial charge in [0.2, 0.25) is 0 Å². The summed E-state index contributed by atoms with van der Waals surface area (Å²) in [5.74, 6) is 0.122. The molecule has 0 amide bonds. The Hall–Kier alpha value is -1.89. The van der Waals surface area contributed by atoms with Crippen molar-refractivity contribution in [3.8, 4) is 5.75 Å². The summed E-state index contributed by atoms with van der Waals surface area (Å²) >= 11 is 1.70. The third-order valence-electron chi connectivity index (χ3n) is 3.81. The third kappa shape index (κ3) is 5.06. The maximum Gasteiger partial charge on any atom is 0.337 e.